The van der Waals surface area contributed by atoms with E-state index in [1.165, 1.54) is 7.11 Å². The van der Waals surface area contributed by atoms with Crippen LogP contribution in [0.2, 0.25) is 0 Å². The number of hydrogen-bond donors (Lipinski definition) is 1. The van der Waals surface area contributed by atoms with Crippen molar-refractivity contribution in [3.05, 3.63) is 35.4 Å². The minimum Gasteiger partial charge on any atom is -0.453 e. The SMILES string of the molecule is COC(=O)NC1CC(C(=O)N(C)C2CC(c3cccc(C4(C(F)(F)F)CC4)c3)C2)C1. The van der Waals surface area contributed by atoms with Crippen molar-refractivity contribution >= 4 is 12.0 Å². The van der Waals surface area contributed by atoms with Crippen LogP contribution in [0.5, 0.6) is 0 Å². The highest BCUT2D eigenvalue weighted by Crippen LogP contribution is 2.59. The van der Waals surface area contributed by atoms with Gasteiger partial charge in [0.05, 0.1) is 12.5 Å². The van der Waals surface area contributed by atoms with Gasteiger partial charge in [0.15, 0.2) is 0 Å². The average molecular weight is 424 g/mol. The van der Waals surface area contributed by atoms with Crippen LogP contribution in [0, 0.1) is 5.92 Å². The van der Waals surface area contributed by atoms with Crippen molar-refractivity contribution in [1.29, 1.82) is 0 Å². The molecule has 0 saturated heterocycles. The molecule has 0 spiro atoms. The Morgan fingerprint density at radius 3 is 2.40 bits per heavy atom. The van der Waals surface area contributed by atoms with E-state index in [1.807, 2.05) is 6.07 Å². The topological polar surface area (TPSA) is 58.6 Å². The first kappa shape index (κ1) is 21.0. The maximum absolute atomic E-state index is 13.4. The van der Waals surface area contributed by atoms with Gasteiger partial charge in [0.25, 0.3) is 0 Å². The van der Waals surface area contributed by atoms with Crippen molar-refractivity contribution in [2.24, 2.45) is 5.92 Å². The fourth-order valence-corrected chi connectivity index (χ4v) is 4.76. The number of benzene rings is 1. The highest BCUT2D eigenvalue weighted by molar-refractivity contribution is 5.80. The van der Waals surface area contributed by atoms with E-state index in [0.717, 1.165) is 18.4 Å². The summed E-state index contributed by atoms with van der Waals surface area (Å²) in [6.45, 7) is 0. The normalized spacial score (nSPS) is 29.2. The molecule has 0 bridgehead atoms. The Labute approximate surface area is 173 Å². The molecule has 5 nitrogen and oxygen atoms in total. The number of alkyl carbamates (subject to hydrolysis) is 1. The second kappa shape index (κ2) is 7.46. The molecule has 2 amide bonds. The van der Waals surface area contributed by atoms with Crippen molar-refractivity contribution in [2.45, 2.75) is 68.1 Å². The minimum atomic E-state index is -4.20. The van der Waals surface area contributed by atoms with Gasteiger partial charge in [0, 0.05) is 25.0 Å². The van der Waals surface area contributed by atoms with Gasteiger partial charge >= 0.3 is 12.3 Å². The quantitative estimate of drug-likeness (QED) is 0.774. The van der Waals surface area contributed by atoms with Gasteiger partial charge in [-0.25, -0.2) is 4.79 Å². The van der Waals surface area contributed by atoms with Crippen molar-refractivity contribution < 1.29 is 27.5 Å². The van der Waals surface area contributed by atoms with E-state index in [1.54, 1.807) is 30.1 Å². The lowest BCUT2D eigenvalue weighted by molar-refractivity contribution is -0.160. The average Bonchev–Trinajstić information content (AvgIpc) is 3.44. The maximum atomic E-state index is 13.4. The summed E-state index contributed by atoms with van der Waals surface area (Å²) in [4.78, 5) is 25.7. The Hall–Kier alpha value is -2.25. The van der Waals surface area contributed by atoms with Crippen LogP contribution in [0.4, 0.5) is 18.0 Å². The van der Waals surface area contributed by atoms with Gasteiger partial charge in [-0.05, 0) is 55.6 Å². The van der Waals surface area contributed by atoms with Crippen LogP contribution in [0.15, 0.2) is 24.3 Å². The highest BCUT2D eigenvalue weighted by Gasteiger charge is 2.64. The summed E-state index contributed by atoms with van der Waals surface area (Å²) >= 11 is 0. The minimum absolute atomic E-state index is 0.0277. The van der Waals surface area contributed by atoms with Gasteiger partial charge in [0.2, 0.25) is 5.91 Å². The molecule has 30 heavy (non-hydrogen) atoms. The largest absolute Gasteiger partial charge is 0.453 e. The number of nitrogens with zero attached hydrogens (tertiary/aromatic N) is 1. The standard InChI is InChI=1S/C22H27F3N2O3/c1-27(19(28)15-9-17(10-15)26-20(29)30-2)18-11-14(12-18)13-4-3-5-16(8-13)21(6-7-21)22(23,24)25/h3-5,8,14-15,17-18H,6-7,9-12H2,1-2H3,(H,26,29). The molecule has 0 unspecified atom stereocenters. The molecule has 3 aliphatic carbocycles. The molecule has 3 saturated carbocycles. The van der Waals surface area contributed by atoms with Gasteiger partial charge < -0.3 is 15.0 Å². The van der Waals surface area contributed by atoms with Gasteiger partial charge in [-0.15, -0.1) is 0 Å². The molecule has 0 heterocycles. The molecule has 0 atom stereocenters. The van der Waals surface area contributed by atoms with Crippen LogP contribution in [0.25, 0.3) is 0 Å². The predicted molar refractivity (Wildman–Crippen MR) is 104 cm³/mol. The van der Waals surface area contributed by atoms with Crippen LogP contribution in [-0.4, -0.2) is 49.3 Å². The van der Waals surface area contributed by atoms with Crippen LogP contribution >= 0.6 is 0 Å². The number of hydrogen-bond acceptors (Lipinski definition) is 3. The smallest absolute Gasteiger partial charge is 0.407 e. The predicted octanol–water partition coefficient (Wildman–Crippen LogP) is 4.12. The first-order valence-corrected chi connectivity index (χ1v) is 10.4. The molecule has 1 N–H and O–H groups in total. The summed E-state index contributed by atoms with van der Waals surface area (Å²) in [5.74, 6) is 0.162. The third-order valence-electron chi connectivity index (χ3n) is 7.21. The zero-order chi connectivity index (χ0) is 21.7. The van der Waals surface area contributed by atoms with Crippen molar-refractivity contribution in [2.75, 3.05) is 14.2 Å². The molecule has 1 aromatic carbocycles. The molecule has 3 fully saturated rings. The number of methoxy groups -OCH3 is 1. The lowest BCUT2D eigenvalue weighted by atomic mass is 9.73. The van der Waals surface area contributed by atoms with E-state index < -0.39 is 17.7 Å². The molecule has 1 aromatic rings. The summed E-state index contributed by atoms with van der Waals surface area (Å²) < 4.78 is 44.8. The molecular weight excluding hydrogens is 397 g/mol. The Kier molecular flexibility index (Phi) is 5.22. The van der Waals surface area contributed by atoms with Gasteiger partial charge in [-0.3, -0.25) is 4.79 Å². The highest BCUT2D eigenvalue weighted by atomic mass is 19.4. The Balaban J connectivity index is 1.30. The molecule has 0 aromatic heterocycles. The van der Waals surface area contributed by atoms with Gasteiger partial charge in [-0.1, -0.05) is 24.3 Å². The summed E-state index contributed by atoms with van der Waals surface area (Å²) in [6.07, 6.45) is -1.62. The maximum Gasteiger partial charge on any atom is 0.407 e. The van der Waals surface area contributed by atoms with Crippen molar-refractivity contribution in [3.63, 3.8) is 0 Å². The number of alkyl halides is 3. The first-order chi connectivity index (χ1) is 14.1. The molecular formula is C22H27F3N2O3. The number of carbonyl (C=O) groups excluding carboxylic acids is 2. The summed E-state index contributed by atoms with van der Waals surface area (Å²) in [6, 6.07) is 7.01. The Bertz CT molecular complexity index is 825. The molecule has 164 valence electrons. The van der Waals surface area contributed by atoms with E-state index >= 15 is 0 Å². The van der Waals surface area contributed by atoms with Crippen molar-refractivity contribution in [3.8, 4) is 0 Å². The number of carbonyl (C=O) groups is 2. The Morgan fingerprint density at radius 2 is 1.83 bits per heavy atom. The number of ether oxygens (including phenoxy) is 1. The third kappa shape index (κ3) is 3.65. The lowest BCUT2D eigenvalue weighted by Crippen LogP contribution is -2.53. The molecule has 4 rings (SSSR count). The molecule has 3 aliphatic rings. The summed E-state index contributed by atoms with van der Waals surface area (Å²) in [5.41, 5.74) is -0.345. The molecule has 0 aliphatic heterocycles. The second-order valence-electron chi connectivity index (χ2n) is 8.98. The van der Waals surface area contributed by atoms with Gasteiger partial charge in [0.1, 0.15) is 0 Å². The molecule has 8 heteroatoms. The van der Waals surface area contributed by atoms with E-state index in [4.69, 9.17) is 0 Å². The summed E-state index contributed by atoms with van der Waals surface area (Å²) in [5, 5.41) is 2.70. The molecule has 0 radical (unpaired) electrons. The van der Waals surface area contributed by atoms with E-state index in [-0.39, 0.29) is 42.7 Å². The fraction of sp³-hybridized carbons (Fsp3) is 0.636. The summed E-state index contributed by atoms with van der Waals surface area (Å²) in [7, 11) is 3.10. The number of amides is 2. The van der Waals surface area contributed by atoms with Crippen LogP contribution in [-0.2, 0) is 14.9 Å². The number of nitrogens with one attached hydrogen (secondary N) is 1. The number of halogens is 3. The Morgan fingerprint density at radius 1 is 1.17 bits per heavy atom. The van der Waals surface area contributed by atoms with Crippen LogP contribution in [0.3, 0.4) is 0 Å². The van der Waals surface area contributed by atoms with E-state index in [9.17, 15) is 22.8 Å². The van der Waals surface area contributed by atoms with E-state index in [0.29, 0.717) is 18.4 Å². The lowest BCUT2D eigenvalue weighted by Gasteiger charge is -2.45. The van der Waals surface area contributed by atoms with Gasteiger partial charge in [-0.2, -0.15) is 13.2 Å². The zero-order valence-electron chi connectivity index (χ0n) is 17.2. The number of rotatable bonds is 5. The van der Waals surface area contributed by atoms with Crippen molar-refractivity contribution in [1.82, 2.24) is 10.2 Å². The van der Waals surface area contributed by atoms with Crippen LogP contribution in [0.1, 0.15) is 55.6 Å². The zero-order valence-corrected chi connectivity index (χ0v) is 17.2. The van der Waals surface area contributed by atoms with E-state index in [2.05, 4.69) is 10.1 Å². The fourth-order valence-electron chi connectivity index (χ4n) is 4.76. The first-order valence-electron chi connectivity index (χ1n) is 10.4. The van der Waals surface area contributed by atoms with Crippen LogP contribution < -0.4 is 5.32 Å². The monoisotopic (exact) mass is 424 g/mol. The second-order valence-corrected chi connectivity index (χ2v) is 8.98. The third-order valence-corrected chi connectivity index (χ3v) is 7.21.